The zero-order valence-electron chi connectivity index (χ0n) is 17.1. The van der Waals surface area contributed by atoms with Crippen molar-refractivity contribution in [2.45, 2.75) is 23.9 Å². The molecule has 34 heavy (non-hydrogen) atoms. The molecule has 3 aromatic rings. The molecular weight excluding hydrogens is 492 g/mol. The monoisotopic (exact) mass is 507 g/mol. The summed E-state index contributed by atoms with van der Waals surface area (Å²) < 4.78 is 106. The lowest BCUT2D eigenvalue weighted by Crippen LogP contribution is -2.41. The van der Waals surface area contributed by atoms with E-state index in [0.29, 0.717) is 6.20 Å². The van der Waals surface area contributed by atoms with Crippen LogP contribution in [0.2, 0.25) is 0 Å². The van der Waals surface area contributed by atoms with Gasteiger partial charge < -0.3 is 9.84 Å². The predicted octanol–water partition coefficient (Wildman–Crippen LogP) is 4.42. The van der Waals surface area contributed by atoms with Crippen LogP contribution in [0.4, 0.5) is 26.3 Å². The molecular formula is C20H15F6N3O4S. The van der Waals surface area contributed by atoms with Gasteiger partial charge in [-0.2, -0.15) is 22.0 Å². The maximum Gasteiger partial charge on any atom is 0.456 e. The van der Waals surface area contributed by atoms with Crippen molar-refractivity contribution in [1.82, 2.24) is 15.0 Å². The maximum absolute atomic E-state index is 13.2. The number of aromatic nitrogens is 3. The molecule has 0 unspecified atom stereocenters. The van der Waals surface area contributed by atoms with E-state index in [-0.39, 0.29) is 33.2 Å². The fraction of sp³-hybridized carbons (Fsp3) is 0.250. The minimum Gasteiger partial charge on any atom is -0.493 e. The van der Waals surface area contributed by atoms with Gasteiger partial charge in [-0.3, -0.25) is 0 Å². The molecule has 1 N–H and O–H groups in total. The van der Waals surface area contributed by atoms with E-state index in [1.807, 2.05) is 0 Å². The molecule has 0 saturated heterocycles. The van der Waals surface area contributed by atoms with Crippen LogP contribution in [0.1, 0.15) is 6.92 Å². The Kier molecular flexibility index (Phi) is 6.73. The summed E-state index contributed by atoms with van der Waals surface area (Å²) in [5, 5.41) is 10.4. The van der Waals surface area contributed by atoms with Gasteiger partial charge in [0.2, 0.25) is 11.8 Å². The zero-order chi connectivity index (χ0) is 25.3. The van der Waals surface area contributed by atoms with Crippen LogP contribution in [0.5, 0.6) is 11.8 Å². The Balaban J connectivity index is 2.00. The number of ether oxygens (including phenoxy) is 1. The number of alkyl halides is 5. The standard InChI is InChI=1S/C20H15F6N3O4S/c1-2-34(31,32)15-7-13(11-3-5-12(21)6-4-11)18(30)29-17(15)14-8-28-16(9-27-14)33-10-19(22,23)20(24,25)26/h3-9H,2,10H2,1H3,(H,29,30). The molecule has 2 aromatic heterocycles. The number of halogens is 6. The third-order valence-corrected chi connectivity index (χ3v) is 6.27. The molecule has 182 valence electrons. The summed E-state index contributed by atoms with van der Waals surface area (Å²) in [4.78, 5) is 10.9. The van der Waals surface area contributed by atoms with E-state index in [0.717, 1.165) is 24.4 Å². The summed E-state index contributed by atoms with van der Waals surface area (Å²) >= 11 is 0. The van der Waals surface area contributed by atoms with Crippen LogP contribution in [-0.2, 0) is 9.84 Å². The highest BCUT2D eigenvalue weighted by atomic mass is 32.2. The first-order chi connectivity index (χ1) is 15.7. The largest absolute Gasteiger partial charge is 0.493 e. The predicted molar refractivity (Wildman–Crippen MR) is 107 cm³/mol. The highest BCUT2D eigenvalue weighted by Gasteiger charge is 2.58. The second-order valence-corrected chi connectivity index (χ2v) is 9.09. The minimum atomic E-state index is -5.82. The van der Waals surface area contributed by atoms with E-state index in [1.54, 1.807) is 0 Å². The SMILES string of the molecule is CCS(=O)(=O)c1cc(-c2ccc(F)cc2)c(O)nc1-c1cnc(OCC(F)(F)C(F)(F)F)cn1. The lowest BCUT2D eigenvalue weighted by Gasteiger charge is -2.19. The average Bonchev–Trinajstić information content (AvgIpc) is 2.78. The Morgan fingerprint density at radius 3 is 2.21 bits per heavy atom. The Bertz CT molecular complexity index is 1280. The maximum atomic E-state index is 13.2. The van der Waals surface area contributed by atoms with Crippen LogP contribution < -0.4 is 4.74 Å². The lowest BCUT2D eigenvalue weighted by molar-refractivity contribution is -0.290. The van der Waals surface area contributed by atoms with Gasteiger partial charge in [-0.05, 0) is 23.8 Å². The van der Waals surface area contributed by atoms with Gasteiger partial charge in [0.15, 0.2) is 16.4 Å². The smallest absolute Gasteiger partial charge is 0.456 e. The van der Waals surface area contributed by atoms with Gasteiger partial charge in [0.05, 0.1) is 23.0 Å². The molecule has 2 heterocycles. The summed E-state index contributed by atoms with van der Waals surface area (Å²) in [6.45, 7) is -0.682. The normalized spacial score (nSPS) is 12.6. The van der Waals surface area contributed by atoms with Crippen LogP contribution >= 0.6 is 0 Å². The number of hydrogen-bond acceptors (Lipinski definition) is 7. The molecule has 14 heteroatoms. The highest BCUT2D eigenvalue weighted by Crippen LogP contribution is 2.37. The van der Waals surface area contributed by atoms with Crippen molar-refractivity contribution in [1.29, 1.82) is 0 Å². The molecule has 0 amide bonds. The van der Waals surface area contributed by atoms with E-state index in [1.165, 1.54) is 19.1 Å². The van der Waals surface area contributed by atoms with E-state index >= 15 is 0 Å². The van der Waals surface area contributed by atoms with Crippen molar-refractivity contribution < 1.29 is 44.6 Å². The first kappa shape index (κ1) is 25.2. The van der Waals surface area contributed by atoms with Gasteiger partial charge in [-0.15, -0.1) is 0 Å². The minimum absolute atomic E-state index is 0.0157. The summed E-state index contributed by atoms with van der Waals surface area (Å²) in [6, 6.07) is 5.92. The fourth-order valence-corrected chi connectivity index (χ4v) is 3.72. The van der Waals surface area contributed by atoms with E-state index < -0.39 is 46.1 Å². The Labute approximate surface area is 189 Å². The number of aromatic hydroxyl groups is 1. The van der Waals surface area contributed by atoms with Crippen LogP contribution in [0, 0.1) is 5.82 Å². The van der Waals surface area contributed by atoms with Crippen LogP contribution in [-0.4, -0.2) is 52.9 Å². The molecule has 0 fully saturated rings. The summed E-state index contributed by atoms with van der Waals surface area (Å²) in [7, 11) is -3.96. The number of benzene rings is 1. The van der Waals surface area contributed by atoms with Gasteiger partial charge in [0, 0.05) is 5.56 Å². The molecule has 0 aliphatic carbocycles. The molecule has 7 nitrogen and oxygen atoms in total. The van der Waals surface area contributed by atoms with Crippen LogP contribution in [0.15, 0.2) is 47.6 Å². The van der Waals surface area contributed by atoms with E-state index in [2.05, 4.69) is 19.7 Å². The number of sulfone groups is 1. The Hall–Kier alpha value is -3.42. The molecule has 0 bridgehead atoms. The third-order valence-electron chi connectivity index (χ3n) is 4.52. The first-order valence-electron chi connectivity index (χ1n) is 9.37. The molecule has 3 rings (SSSR count). The van der Waals surface area contributed by atoms with E-state index in [4.69, 9.17) is 0 Å². The second kappa shape index (κ2) is 9.08. The lowest BCUT2D eigenvalue weighted by atomic mass is 10.1. The molecule has 1 aromatic carbocycles. The zero-order valence-corrected chi connectivity index (χ0v) is 18.0. The van der Waals surface area contributed by atoms with Gasteiger partial charge in [-0.1, -0.05) is 19.1 Å². The summed E-state index contributed by atoms with van der Waals surface area (Å²) in [6.07, 6.45) is -4.27. The molecule has 0 aliphatic rings. The van der Waals surface area contributed by atoms with Crippen molar-refractivity contribution in [3.05, 3.63) is 48.5 Å². The van der Waals surface area contributed by atoms with Gasteiger partial charge in [-0.25, -0.2) is 27.8 Å². The van der Waals surface area contributed by atoms with Crippen molar-refractivity contribution in [3.63, 3.8) is 0 Å². The molecule has 0 spiro atoms. The molecule has 0 radical (unpaired) electrons. The molecule has 0 atom stereocenters. The molecule has 0 aliphatic heterocycles. The Morgan fingerprint density at radius 2 is 1.68 bits per heavy atom. The first-order valence-corrected chi connectivity index (χ1v) is 11.0. The second-order valence-electron chi connectivity index (χ2n) is 6.85. The highest BCUT2D eigenvalue weighted by molar-refractivity contribution is 7.91. The summed E-state index contributed by atoms with van der Waals surface area (Å²) in [5.41, 5.74) is -0.322. The van der Waals surface area contributed by atoms with Crippen molar-refractivity contribution >= 4 is 9.84 Å². The van der Waals surface area contributed by atoms with Gasteiger partial charge in [0.25, 0.3) is 0 Å². The quantitative estimate of drug-likeness (QED) is 0.473. The van der Waals surface area contributed by atoms with Gasteiger partial charge >= 0.3 is 12.1 Å². The van der Waals surface area contributed by atoms with Crippen molar-refractivity contribution in [2.24, 2.45) is 0 Å². The summed E-state index contributed by atoms with van der Waals surface area (Å²) in [5.74, 6) is -7.35. The number of rotatable bonds is 7. The topological polar surface area (TPSA) is 102 Å². The number of pyridine rings is 1. The van der Waals surface area contributed by atoms with E-state index in [9.17, 15) is 39.9 Å². The molecule has 0 saturated carbocycles. The van der Waals surface area contributed by atoms with Crippen molar-refractivity contribution in [3.8, 4) is 34.3 Å². The van der Waals surface area contributed by atoms with Crippen LogP contribution in [0.3, 0.4) is 0 Å². The Morgan fingerprint density at radius 1 is 1.03 bits per heavy atom. The van der Waals surface area contributed by atoms with Gasteiger partial charge in [0.1, 0.15) is 17.2 Å². The number of nitrogens with zero attached hydrogens (tertiary/aromatic N) is 3. The van der Waals surface area contributed by atoms with Crippen LogP contribution in [0.25, 0.3) is 22.5 Å². The third kappa shape index (κ3) is 5.21. The average molecular weight is 507 g/mol. The van der Waals surface area contributed by atoms with Crippen molar-refractivity contribution in [2.75, 3.05) is 12.4 Å². The fourth-order valence-electron chi connectivity index (χ4n) is 2.66. The number of hydrogen-bond donors (Lipinski definition) is 1.